The quantitative estimate of drug-likeness (QED) is 0.317. The molecule has 0 atom stereocenters. The van der Waals surface area contributed by atoms with Crippen molar-refractivity contribution in [1.29, 1.82) is 0 Å². The number of ketones is 1. The Morgan fingerprint density at radius 2 is 1.37 bits per heavy atom. The minimum absolute atomic E-state index is 0.00618. The molecule has 112 valence electrons. The van der Waals surface area contributed by atoms with Gasteiger partial charge in [0.15, 0.2) is 5.78 Å². The molecule has 7 nitrogen and oxygen atoms in total. The van der Waals surface area contributed by atoms with E-state index in [1.165, 1.54) is 6.92 Å². The van der Waals surface area contributed by atoms with Crippen LogP contribution in [0.4, 0.5) is 0 Å². The van der Waals surface area contributed by atoms with E-state index in [9.17, 15) is 9.59 Å². The van der Waals surface area contributed by atoms with Gasteiger partial charge in [-0.05, 0) is 6.92 Å². The van der Waals surface area contributed by atoms with Gasteiger partial charge in [0, 0.05) is 6.54 Å². The molecule has 0 aliphatic carbocycles. The van der Waals surface area contributed by atoms with Gasteiger partial charge in [0.1, 0.15) is 6.61 Å². The largest absolute Gasteiger partial charge is 0.377 e. The average Bonchev–Trinajstić information content (AvgIpc) is 2.39. The van der Waals surface area contributed by atoms with Crippen LogP contribution in [0.2, 0.25) is 0 Å². The lowest BCUT2D eigenvalue weighted by atomic mass is 10.5. The highest BCUT2D eigenvalue weighted by molar-refractivity contribution is 5.76. The fourth-order valence-electron chi connectivity index (χ4n) is 1.07. The standard InChI is InChI=1S/C12H23NO6/c1-12(15)10-19-9-8-18-7-6-17-5-4-16-3-2-13-11-14/h11H,2-10H2,1H3,(H,13,14). The normalized spacial score (nSPS) is 10.4. The molecule has 1 amide bonds. The van der Waals surface area contributed by atoms with E-state index in [1.54, 1.807) is 0 Å². The molecule has 0 aromatic carbocycles. The molecule has 0 saturated carbocycles. The Kier molecular flexibility index (Phi) is 14.2. The zero-order valence-corrected chi connectivity index (χ0v) is 11.4. The van der Waals surface area contributed by atoms with Crippen molar-refractivity contribution in [3.63, 3.8) is 0 Å². The third-order valence-corrected chi connectivity index (χ3v) is 1.90. The molecule has 0 aromatic heterocycles. The van der Waals surface area contributed by atoms with Crippen LogP contribution in [0.15, 0.2) is 0 Å². The van der Waals surface area contributed by atoms with Crippen LogP contribution in [-0.4, -0.2) is 71.6 Å². The van der Waals surface area contributed by atoms with Crippen LogP contribution < -0.4 is 5.32 Å². The van der Waals surface area contributed by atoms with Gasteiger partial charge in [-0.2, -0.15) is 0 Å². The van der Waals surface area contributed by atoms with Crippen molar-refractivity contribution in [2.75, 3.05) is 59.4 Å². The summed E-state index contributed by atoms with van der Waals surface area (Å²) in [5, 5.41) is 2.49. The predicted molar refractivity (Wildman–Crippen MR) is 68.0 cm³/mol. The first-order valence-electron chi connectivity index (χ1n) is 6.25. The van der Waals surface area contributed by atoms with Gasteiger partial charge >= 0.3 is 0 Å². The molecule has 0 aliphatic rings. The number of Topliss-reactive ketones (excluding diaryl/α,β-unsaturated/α-hetero) is 1. The van der Waals surface area contributed by atoms with E-state index in [2.05, 4.69) is 5.32 Å². The maximum absolute atomic E-state index is 10.5. The van der Waals surface area contributed by atoms with E-state index in [1.807, 2.05) is 0 Å². The van der Waals surface area contributed by atoms with E-state index in [-0.39, 0.29) is 12.4 Å². The van der Waals surface area contributed by atoms with Gasteiger partial charge in [0.2, 0.25) is 6.41 Å². The van der Waals surface area contributed by atoms with Crippen LogP contribution in [0.3, 0.4) is 0 Å². The summed E-state index contributed by atoms with van der Waals surface area (Å²) < 4.78 is 20.7. The van der Waals surface area contributed by atoms with Crippen LogP contribution in [0.5, 0.6) is 0 Å². The second-order valence-electron chi connectivity index (χ2n) is 3.66. The summed E-state index contributed by atoms with van der Waals surface area (Å²) in [7, 11) is 0. The van der Waals surface area contributed by atoms with E-state index < -0.39 is 0 Å². The number of nitrogens with one attached hydrogen (secondary N) is 1. The Labute approximate surface area is 113 Å². The first-order valence-corrected chi connectivity index (χ1v) is 6.25. The van der Waals surface area contributed by atoms with Gasteiger partial charge in [-0.15, -0.1) is 0 Å². The van der Waals surface area contributed by atoms with Crippen molar-refractivity contribution in [3.05, 3.63) is 0 Å². The Bertz CT molecular complexity index is 224. The summed E-state index contributed by atoms with van der Waals surface area (Å²) in [6.07, 6.45) is 0.636. The maximum atomic E-state index is 10.5. The molecule has 0 fully saturated rings. The van der Waals surface area contributed by atoms with E-state index in [0.717, 1.165) is 0 Å². The molecule has 0 aliphatic heterocycles. The monoisotopic (exact) mass is 277 g/mol. The lowest BCUT2D eigenvalue weighted by molar-refractivity contribution is -0.122. The molecular formula is C12H23NO6. The maximum Gasteiger partial charge on any atom is 0.207 e. The molecule has 0 bridgehead atoms. The minimum atomic E-state index is 0.00618. The van der Waals surface area contributed by atoms with Gasteiger partial charge in [-0.3, -0.25) is 9.59 Å². The number of hydrogen-bond acceptors (Lipinski definition) is 6. The van der Waals surface area contributed by atoms with Crippen molar-refractivity contribution in [3.8, 4) is 0 Å². The number of rotatable bonds is 15. The molecular weight excluding hydrogens is 254 g/mol. The number of carbonyl (C=O) groups is 2. The summed E-state index contributed by atoms with van der Waals surface area (Å²) in [5.74, 6) is 0.00618. The lowest BCUT2D eigenvalue weighted by Crippen LogP contribution is -2.19. The highest BCUT2D eigenvalue weighted by Crippen LogP contribution is 1.83. The predicted octanol–water partition coefficient (Wildman–Crippen LogP) is -0.612. The fourth-order valence-corrected chi connectivity index (χ4v) is 1.07. The molecule has 0 rings (SSSR count). The molecule has 0 heterocycles. The third kappa shape index (κ3) is 17.0. The van der Waals surface area contributed by atoms with Gasteiger partial charge in [-0.25, -0.2) is 0 Å². The van der Waals surface area contributed by atoms with E-state index in [4.69, 9.17) is 18.9 Å². The van der Waals surface area contributed by atoms with Gasteiger partial charge in [0.05, 0.1) is 46.2 Å². The first kappa shape index (κ1) is 18.0. The lowest BCUT2D eigenvalue weighted by Gasteiger charge is -2.06. The molecule has 0 spiro atoms. The van der Waals surface area contributed by atoms with Gasteiger partial charge < -0.3 is 24.3 Å². The average molecular weight is 277 g/mol. The van der Waals surface area contributed by atoms with E-state index in [0.29, 0.717) is 59.2 Å². The molecule has 0 radical (unpaired) electrons. The van der Waals surface area contributed by atoms with Gasteiger partial charge in [-0.1, -0.05) is 0 Å². The van der Waals surface area contributed by atoms with Crippen LogP contribution in [0.1, 0.15) is 6.92 Å². The van der Waals surface area contributed by atoms with Crippen LogP contribution >= 0.6 is 0 Å². The Hall–Kier alpha value is -1.02. The fraction of sp³-hybridized carbons (Fsp3) is 0.833. The van der Waals surface area contributed by atoms with Crippen molar-refractivity contribution < 1.29 is 28.5 Å². The van der Waals surface area contributed by atoms with Crippen molar-refractivity contribution in [1.82, 2.24) is 5.32 Å². The van der Waals surface area contributed by atoms with E-state index >= 15 is 0 Å². The molecule has 0 aromatic rings. The third-order valence-electron chi connectivity index (χ3n) is 1.90. The highest BCUT2D eigenvalue weighted by atomic mass is 16.6. The Morgan fingerprint density at radius 3 is 1.84 bits per heavy atom. The van der Waals surface area contributed by atoms with Crippen LogP contribution in [0, 0.1) is 0 Å². The molecule has 1 N–H and O–H groups in total. The second kappa shape index (κ2) is 15.0. The number of amides is 1. The summed E-state index contributed by atoms with van der Waals surface area (Å²) in [6.45, 7) is 5.41. The molecule has 0 unspecified atom stereocenters. The minimum Gasteiger partial charge on any atom is -0.377 e. The van der Waals surface area contributed by atoms with Crippen molar-refractivity contribution in [2.24, 2.45) is 0 Å². The van der Waals surface area contributed by atoms with Gasteiger partial charge in [0.25, 0.3) is 0 Å². The van der Waals surface area contributed by atoms with Crippen molar-refractivity contribution >= 4 is 12.2 Å². The van der Waals surface area contributed by atoms with Crippen LogP contribution in [-0.2, 0) is 28.5 Å². The number of hydrogen-bond donors (Lipinski definition) is 1. The number of carbonyl (C=O) groups excluding carboxylic acids is 2. The molecule has 0 saturated heterocycles. The second-order valence-corrected chi connectivity index (χ2v) is 3.66. The zero-order valence-electron chi connectivity index (χ0n) is 11.4. The zero-order chi connectivity index (χ0) is 14.2. The molecule has 7 heteroatoms. The highest BCUT2D eigenvalue weighted by Gasteiger charge is 1.94. The summed E-state index contributed by atoms with van der Waals surface area (Å²) in [5.41, 5.74) is 0. The Balaban J connectivity index is 2.95. The topological polar surface area (TPSA) is 83.1 Å². The SMILES string of the molecule is CC(=O)COCCOCCOCCOCCNC=O. The first-order chi connectivity index (χ1) is 9.27. The van der Waals surface area contributed by atoms with Crippen molar-refractivity contribution in [2.45, 2.75) is 6.92 Å². The number of ether oxygens (including phenoxy) is 4. The summed E-state index contributed by atoms with van der Waals surface area (Å²) in [6, 6.07) is 0. The summed E-state index contributed by atoms with van der Waals surface area (Å²) in [4.78, 5) is 20.5. The smallest absolute Gasteiger partial charge is 0.207 e. The summed E-state index contributed by atoms with van der Waals surface area (Å²) >= 11 is 0. The van der Waals surface area contributed by atoms with Crippen LogP contribution in [0.25, 0.3) is 0 Å². The molecule has 19 heavy (non-hydrogen) atoms. The Morgan fingerprint density at radius 1 is 0.895 bits per heavy atom.